The zero-order valence-electron chi connectivity index (χ0n) is 15.6. The van der Waals surface area contributed by atoms with Crippen LogP contribution >= 0.6 is 11.3 Å². The van der Waals surface area contributed by atoms with Crippen LogP contribution < -0.4 is 5.32 Å². The smallest absolute Gasteiger partial charge is 0.341 e. The number of thiophene rings is 1. The topological polar surface area (TPSA) is 55.4 Å². The molecule has 2 aliphatic carbocycles. The number of esters is 1. The van der Waals surface area contributed by atoms with Crippen LogP contribution in [0.15, 0.2) is 30.3 Å². The number of anilines is 1. The van der Waals surface area contributed by atoms with Crippen molar-refractivity contribution in [3.63, 3.8) is 0 Å². The molecule has 142 valence electrons. The summed E-state index contributed by atoms with van der Waals surface area (Å²) in [6.45, 7) is 2.15. The summed E-state index contributed by atoms with van der Waals surface area (Å²) in [5.74, 6) is 0.292. The number of benzene rings is 1. The van der Waals surface area contributed by atoms with Crippen molar-refractivity contribution in [2.45, 2.75) is 51.4 Å². The molecule has 0 radical (unpaired) electrons. The van der Waals surface area contributed by atoms with Crippen LogP contribution in [0.2, 0.25) is 0 Å². The maximum Gasteiger partial charge on any atom is 0.341 e. The maximum atomic E-state index is 12.6. The standard InChI is InChI=1S/C22H25NO3S/c1-2-26-22(25)19-17-12-11-16(14-7-4-3-5-8-14)13-18(17)27-21(19)23-20(24)15-9-6-10-15/h3-5,7-8,15-16H,2,6,9-13H2,1H3,(H,23,24). The fourth-order valence-electron chi connectivity index (χ4n) is 3.99. The number of rotatable bonds is 5. The SMILES string of the molecule is CCOC(=O)c1c(NC(=O)C2CCC2)sc2c1CCC(c1ccccc1)C2. The van der Waals surface area contributed by atoms with Gasteiger partial charge >= 0.3 is 5.97 Å². The average Bonchev–Trinajstić information content (AvgIpc) is 2.98. The Labute approximate surface area is 163 Å². The normalized spacial score (nSPS) is 19.1. The number of amides is 1. The van der Waals surface area contributed by atoms with Crippen molar-refractivity contribution in [2.75, 3.05) is 11.9 Å². The van der Waals surface area contributed by atoms with Crippen molar-refractivity contribution in [3.8, 4) is 0 Å². The molecule has 1 N–H and O–H groups in total. The Kier molecular flexibility index (Phi) is 5.30. The van der Waals surface area contributed by atoms with E-state index in [1.807, 2.05) is 13.0 Å². The van der Waals surface area contributed by atoms with Gasteiger partial charge in [-0.15, -0.1) is 11.3 Å². The quantitative estimate of drug-likeness (QED) is 0.745. The van der Waals surface area contributed by atoms with Gasteiger partial charge in [-0.3, -0.25) is 4.79 Å². The van der Waals surface area contributed by atoms with Crippen LogP contribution in [-0.4, -0.2) is 18.5 Å². The van der Waals surface area contributed by atoms with Crippen LogP contribution in [0, 0.1) is 5.92 Å². The molecule has 2 aliphatic rings. The highest BCUT2D eigenvalue weighted by molar-refractivity contribution is 7.17. The van der Waals surface area contributed by atoms with Crippen molar-refractivity contribution in [3.05, 3.63) is 51.9 Å². The van der Waals surface area contributed by atoms with Gasteiger partial charge < -0.3 is 10.1 Å². The molecule has 27 heavy (non-hydrogen) atoms. The molecule has 2 aromatic rings. The minimum absolute atomic E-state index is 0.0463. The van der Waals surface area contributed by atoms with Crippen LogP contribution in [0.1, 0.15) is 64.9 Å². The number of nitrogens with one attached hydrogen (secondary N) is 1. The lowest BCUT2D eigenvalue weighted by Gasteiger charge is -2.24. The van der Waals surface area contributed by atoms with Gasteiger partial charge in [0.2, 0.25) is 5.91 Å². The summed E-state index contributed by atoms with van der Waals surface area (Å²) in [4.78, 5) is 26.3. The van der Waals surface area contributed by atoms with Crippen LogP contribution in [0.3, 0.4) is 0 Å². The van der Waals surface area contributed by atoms with Gasteiger partial charge in [0.1, 0.15) is 5.00 Å². The zero-order valence-corrected chi connectivity index (χ0v) is 16.4. The van der Waals surface area contributed by atoms with E-state index in [9.17, 15) is 9.59 Å². The Morgan fingerprint density at radius 1 is 1.19 bits per heavy atom. The van der Waals surface area contributed by atoms with Crippen molar-refractivity contribution in [1.29, 1.82) is 0 Å². The van der Waals surface area contributed by atoms with Gasteiger partial charge in [-0.1, -0.05) is 36.8 Å². The van der Waals surface area contributed by atoms with Crippen molar-refractivity contribution < 1.29 is 14.3 Å². The van der Waals surface area contributed by atoms with E-state index in [0.29, 0.717) is 23.1 Å². The lowest BCUT2D eigenvalue weighted by molar-refractivity contribution is -0.122. The Bertz CT molecular complexity index is 839. The number of carbonyl (C=O) groups excluding carboxylic acids is 2. The average molecular weight is 384 g/mol. The second-order valence-corrected chi connectivity index (χ2v) is 8.50. The second kappa shape index (κ2) is 7.85. The van der Waals surface area contributed by atoms with Gasteiger partial charge in [0, 0.05) is 10.8 Å². The number of hydrogen-bond donors (Lipinski definition) is 1. The van der Waals surface area contributed by atoms with Gasteiger partial charge in [0.25, 0.3) is 0 Å². The van der Waals surface area contributed by atoms with Crippen molar-refractivity contribution in [1.82, 2.24) is 0 Å². The summed E-state index contributed by atoms with van der Waals surface area (Å²) in [6.07, 6.45) is 5.77. The molecule has 0 bridgehead atoms. The highest BCUT2D eigenvalue weighted by atomic mass is 32.1. The molecule has 0 saturated heterocycles. The highest BCUT2D eigenvalue weighted by Gasteiger charge is 2.32. The van der Waals surface area contributed by atoms with Gasteiger partial charge in [-0.2, -0.15) is 0 Å². The second-order valence-electron chi connectivity index (χ2n) is 7.40. The third kappa shape index (κ3) is 3.65. The van der Waals surface area contributed by atoms with Gasteiger partial charge in [-0.05, 0) is 56.1 Å². The predicted octanol–water partition coefficient (Wildman–Crippen LogP) is 4.94. The Morgan fingerprint density at radius 3 is 2.63 bits per heavy atom. The Morgan fingerprint density at radius 2 is 1.96 bits per heavy atom. The van der Waals surface area contributed by atoms with E-state index in [-0.39, 0.29) is 17.8 Å². The molecule has 4 rings (SSSR count). The first kappa shape index (κ1) is 18.2. The number of ether oxygens (including phenoxy) is 1. The molecular formula is C22H25NO3S. The first-order chi connectivity index (χ1) is 13.2. The molecular weight excluding hydrogens is 358 g/mol. The molecule has 0 aliphatic heterocycles. The van der Waals surface area contributed by atoms with E-state index in [0.717, 1.165) is 44.1 Å². The summed E-state index contributed by atoms with van der Waals surface area (Å²) < 4.78 is 5.30. The van der Waals surface area contributed by atoms with Crippen molar-refractivity contribution >= 4 is 28.2 Å². The number of fused-ring (bicyclic) bond motifs is 1. The molecule has 1 unspecified atom stereocenters. The highest BCUT2D eigenvalue weighted by Crippen LogP contribution is 2.43. The molecule has 1 atom stereocenters. The molecule has 4 nitrogen and oxygen atoms in total. The molecule has 1 fully saturated rings. The summed E-state index contributed by atoms with van der Waals surface area (Å²) in [5.41, 5.74) is 3.01. The number of hydrogen-bond acceptors (Lipinski definition) is 4. The Balaban J connectivity index is 1.62. The minimum atomic E-state index is -0.308. The Hall–Kier alpha value is -2.14. The third-order valence-electron chi connectivity index (χ3n) is 5.73. The molecule has 1 heterocycles. The fourth-order valence-corrected chi connectivity index (χ4v) is 5.31. The van der Waals surface area contributed by atoms with E-state index < -0.39 is 0 Å². The van der Waals surface area contributed by atoms with E-state index in [2.05, 4.69) is 29.6 Å². The van der Waals surface area contributed by atoms with Crippen LogP contribution in [0.25, 0.3) is 0 Å². The van der Waals surface area contributed by atoms with E-state index >= 15 is 0 Å². The largest absolute Gasteiger partial charge is 0.462 e. The van der Waals surface area contributed by atoms with Crippen LogP contribution in [-0.2, 0) is 22.4 Å². The maximum absolute atomic E-state index is 12.6. The van der Waals surface area contributed by atoms with Crippen molar-refractivity contribution in [2.24, 2.45) is 5.92 Å². The zero-order chi connectivity index (χ0) is 18.8. The predicted molar refractivity (Wildman–Crippen MR) is 107 cm³/mol. The molecule has 1 aromatic carbocycles. The van der Waals surface area contributed by atoms with E-state index in [1.54, 1.807) is 11.3 Å². The van der Waals surface area contributed by atoms with Gasteiger partial charge in [0.15, 0.2) is 0 Å². The summed E-state index contributed by atoms with van der Waals surface area (Å²) in [7, 11) is 0. The lowest BCUT2D eigenvalue weighted by Crippen LogP contribution is -2.28. The van der Waals surface area contributed by atoms with Gasteiger partial charge in [0.05, 0.1) is 12.2 Å². The minimum Gasteiger partial charge on any atom is -0.462 e. The first-order valence-corrected chi connectivity index (χ1v) is 10.7. The van der Waals surface area contributed by atoms with Crippen LogP contribution in [0.4, 0.5) is 5.00 Å². The van der Waals surface area contributed by atoms with Gasteiger partial charge in [-0.25, -0.2) is 4.79 Å². The number of carbonyl (C=O) groups is 2. The first-order valence-electron chi connectivity index (χ1n) is 9.84. The summed E-state index contributed by atoms with van der Waals surface area (Å²) in [5, 5.41) is 3.73. The summed E-state index contributed by atoms with van der Waals surface area (Å²) >= 11 is 1.56. The summed E-state index contributed by atoms with van der Waals surface area (Å²) in [6, 6.07) is 10.5. The molecule has 1 aromatic heterocycles. The monoisotopic (exact) mass is 383 g/mol. The van der Waals surface area contributed by atoms with E-state index in [4.69, 9.17) is 4.74 Å². The fraction of sp³-hybridized carbons (Fsp3) is 0.455. The lowest BCUT2D eigenvalue weighted by atomic mass is 9.83. The molecule has 0 spiro atoms. The molecule has 5 heteroatoms. The van der Waals surface area contributed by atoms with E-state index in [1.165, 1.54) is 10.4 Å². The third-order valence-corrected chi connectivity index (χ3v) is 6.90. The molecule has 1 saturated carbocycles. The van der Waals surface area contributed by atoms with Crippen LogP contribution in [0.5, 0.6) is 0 Å². The molecule has 1 amide bonds.